The average Bonchev–Trinajstić information content (AvgIpc) is 2.83. The first kappa shape index (κ1) is 19.0. The molecule has 3 rings (SSSR count). The molecule has 140 valence electrons. The van der Waals surface area contributed by atoms with Crippen LogP contribution in [-0.4, -0.2) is 34.8 Å². The summed E-state index contributed by atoms with van der Waals surface area (Å²) >= 11 is 12.3. The first-order valence-electron chi connectivity index (χ1n) is 8.65. The molecule has 0 radical (unpaired) electrons. The van der Waals surface area contributed by atoms with Gasteiger partial charge < -0.3 is 10.6 Å². The van der Waals surface area contributed by atoms with E-state index >= 15 is 0 Å². The normalized spacial score (nSPS) is 25.5. The number of halogens is 2. The lowest BCUT2D eigenvalue weighted by molar-refractivity contribution is -0.136. The maximum absolute atomic E-state index is 12.9. The minimum atomic E-state index is -0.881. The number of carbonyl (C=O) groups excluding carboxylic acids is 3. The van der Waals surface area contributed by atoms with Crippen LogP contribution in [0.25, 0.3) is 0 Å². The van der Waals surface area contributed by atoms with Crippen LogP contribution in [0, 0.1) is 12.8 Å². The van der Waals surface area contributed by atoms with Crippen molar-refractivity contribution in [1.82, 2.24) is 10.2 Å². The van der Waals surface area contributed by atoms with Crippen molar-refractivity contribution < 1.29 is 14.4 Å². The monoisotopic (exact) mass is 397 g/mol. The molecular formula is C18H21Cl2N3O3. The van der Waals surface area contributed by atoms with Crippen LogP contribution in [0.3, 0.4) is 0 Å². The van der Waals surface area contributed by atoms with Gasteiger partial charge in [0.15, 0.2) is 0 Å². The van der Waals surface area contributed by atoms with E-state index in [0.29, 0.717) is 16.5 Å². The Kier molecular flexibility index (Phi) is 5.17. The highest BCUT2D eigenvalue weighted by Crippen LogP contribution is 2.38. The number of nitrogens with zero attached hydrogens (tertiary/aromatic N) is 1. The molecule has 26 heavy (non-hydrogen) atoms. The zero-order chi connectivity index (χ0) is 19.1. The number of anilines is 1. The zero-order valence-electron chi connectivity index (χ0n) is 14.7. The van der Waals surface area contributed by atoms with Gasteiger partial charge in [0.25, 0.3) is 5.91 Å². The highest BCUT2D eigenvalue weighted by Gasteiger charge is 2.55. The summed E-state index contributed by atoms with van der Waals surface area (Å²) in [7, 11) is 0. The Labute approximate surface area is 162 Å². The van der Waals surface area contributed by atoms with Gasteiger partial charge in [-0.2, -0.15) is 0 Å². The quantitative estimate of drug-likeness (QED) is 0.762. The van der Waals surface area contributed by atoms with Gasteiger partial charge in [-0.05, 0) is 37.3 Å². The SMILES string of the molecule is Cc1ccc(Cl)c(NC(=O)CN2C(=O)NC3(CCCCC3C)C2=O)c1Cl. The van der Waals surface area contributed by atoms with Crippen molar-refractivity contribution >= 4 is 46.7 Å². The van der Waals surface area contributed by atoms with Crippen LogP contribution in [0.2, 0.25) is 10.0 Å². The summed E-state index contributed by atoms with van der Waals surface area (Å²) in [6, 6.07) is 2.84. The van der Waals surface area contributed by atoms with Crippen LogP contribution in [0.5, 0.6) is 0 Å². The molecule has 6 nitrogen and oxygen atoms in total. The first-order valence-corrected chi connectivity index (χ1v) is 9.40. The van der Waals surface area contributed by atoms with Crippen LogP contribution in [0.1, 0.15) is 38.2 Å². The molecule has 2 atom stereocenters. The zero-order valence-corrected chi connectivity index (χ0v) is 16.2. The summed E-state index contributed by atoms with van der Waals surface area (Å²) in [5.41, 5.74) is 0.163. The molecule has 1 heterocycles. The minimum absolute atomic E-state index is 0.0430. The molecule has 8 heteroatoms. The van der Waals surface area contributed by atoms with Crippen molar-refractivity contribution in [3.8, 4) is 0 Å². The number of hydrogen-bond acceptors (Lipinski definition) is 3. The standard InChI is InChI=1S/C18H21Cl2N3O3/c1-10-6-7-12(19)15(14(10)20)21-13(24)9-23-16(25)18(22-17(23)26)8-4-3-5-11(18)2/h6-7,11H,3-5,8-9H2,1-2H3,(H,21,24)(H,22,26). The van der Waals surface area contributed by atoms with E-state index in [9.17, 15) is 14.4 Å². The van der Waals surface area contributed by atoms with Crippen LogP contribution in [-0.2, 0) is 9.59 Å². The molecule has 4 amide bonds. The second-order valence-electron chi connectivity index (χ2n) is 7.04. The van der Waals surface area contributed by atoms with Crippen molar-refractivity contribution in [3.05, 3.63) is 27.7 Å². The lowest BCUT2D eigenvalue weighted by Gasteiger charge is -2.36. The van der Waals surface area contributed by atoms with E-state index in [2.05, 4.69) is 10.6 Å². The van der Waals surface area contributed by atoms with Gasteiger partial charge in [-0.15, -0.1) is 0 Å². The molecule has 0 bridgehead atoms. The van der Waals surface area contributed by atoms with Crippen molar-refractivity contribution in [1.29, 1.82) is 0 Å². The molecule has 2 aliphatic rings. The Balaban J connectivity index is 1.75. The topological polar surface area (TPSA) is 78.5 Å². The first-order chi connectivity index (χ1) is 12.3. The molecule has 2 unspecified atom stereocenters. The fraction of sp³-hybridized carbons (Fsp3) is 0.500. The maximum atomic E-state index is 12.9. The summed E-state index contributed by atoms with van der Waals surface area (Å²) < 4.78 is 0. The number of imide groups is 1. The van der Waals surface area contributed by atoms with Gasteiger partial charge in [0.2, 0.25) is 5.91 Å². The molecule has 1 saturated heterocycles. The molecule has 1 aliphatic carbocycles. The largest absolute Gasteiger partial charge is 0.325 e. The highest BCUT2D eigenvalue weighted by atomic mass is 35.5. The fourth-order valence-corrected chi connectivity index (χ4v) is 4.20. The lowest BCUT2D eigenvalue weighted by atomic mass is 9.73. The van der Waals surface area contributed by atoms with E-state index in [4.69, 9.17) is 23.2 Å². The average molecular weight is 398 g/mol. The number of urea groups is 1. The Morgan fingerprint density at radius 3 is 2.77 bits per heavy atom. The van der Waals surface area contributed by atoms with E-state index in [0.717, 1.165) is 29.7 Å². The molecule has 0 aromatic heterocycles. The van der Waals surface area contributed by atoms with Crippen LogP contribution < -0.4 is 10.6 Å². The van der Waals surface area contributed by atoms with Gasteiger partial charge >= 0.3 is 6.03 Å². The second kappa shape index (κ2) is 7.08. The van der Waals surface area contributed by atoms with Gasteiger partial charge in [-0.3, -0.25) is 14.5 Å². The van der Waals surface area contributed by atoms with E-state index in [1.165, 1.54) is 0 Å². The number of amides is 4. The lowest BCUT2D eigenvalue weighted by Crippen LogP contribution is -2.54. The van der Waals surface area contributed by atoms with Crippen LogP contribution in [0.4, 0.5) is 10.5 Å². The van der Waals surface area contributed by atoms with Gasteiger partial charge in [0.1, 0.15) is 12.1 Å². The summed E-state index contributed by atoms with van der Waals surface area (Å²) in [4.78, 5) is 38.6. The van der Waals surface area contributed by atoms with E-state index in [-0.39, 0.29) is 24.1 Å². The third-order valence-electron chi connectivity index (χ3n) is 5.35. The van der Waals surface area contributed by atoms with Crippen LogP contribution >= 0.6 is 23.2 Å². The molecule has 1 aliphatic heterocycles. The van der Waals surface area contributed by atoms with Crippen molar-refractivity contribution in [2.45, 2.75) is 45.1 Å². The predicted octanol–water partition coefficient (Wildman–Crippen LogP) is 3.74. The van der Waals surface area contributed by atoms with E-state index in [1.54, 1.807) is 19.1 Å². The van der Waals surface area contributed by atoms with Crippen molar-refractivity contribution in [3.63, 3.8) is 0 Å². The summed E-state index contributed by atoms with van der Waals surface area (Å²) in [6.45, 7) is 3.38. The fourth-order valence-electron chi connectivity index (χ4n) is 3.73. The summed E-state index contributed by atoms with van der Waals surface area (Å²) in [5.74, 6) is -0.809. The minimum Gasteiger partial charge on any atom is -0.323 e. The van der Waals surface area contributed by atoms with E-state index < -0.39 is 17.5 Å². The molecule has 1 aromatic rings. The smallest absolute Gasteiger partial charge is 0.323 e. The van der Waals surface area contributed by atoms with Crippen molar-refractivity contribution in [2.24, 2.45) is 5.92 Å². The maximum Gasteiger partial charge on any atom is 0.325 e. The molecule has 1 spiro atoms. The Morgan fingerprint density at radius 2 is 2.08 bits per heavy atom. The Morgan fingerprint density at radius 1 is 1.35 bits per heavy atom. The number of hydrogen-bond donors (Lipinski definition) is 2. The Hall–Kier alpha value is -1.79. The van der Waals surface area contributed by atoms with Crippen LogP contribution in [0.15, 0.2) is 12.1 Å². The van der Waals surface area contributed by atoms with Gasteiger partial charge in [-0.1, -0.05) is 49.0 Å². The second-order valence-corrected chi connectivity index (χ2v) is 7.83. The number of benzene rings is 1. The molecule has 1 saturated carbocycles. The number of carbonyl (C=O) groups is 3. The van der Waals surface area contributed by atoms with E-state index in [1.807, 2.05) is 6.92 Å². The van der Waals surface area contributed by atoms with Gasteiger partial charge in [0, 0.05) is 0 Å². The molecular weight excluding hydrogens is 377 g/mol. The third kappa shape index (κ3) is 3.16. The third-order valence-corrected chi connectivity index (χ3v) is 6.15. The molecule has 1 aromatic carbocycles. The highest BCUT2D eigenvalue weighted by molar-refractivity contribution is 6.40. The number of rotatable bonds is 3. The van der Waals surface area contributed by atoms with Gasteiger partial charge in [0.05, 0.1) is 15.7 Å². The van der Waals surface area contributed by atoms with Crippen molar-refractivity contribution in [2.75, 3.05) is 11.9 Å². The summed E-state index contributed by atoms with van der Waals surface area (Å²) in [5, 5.41) is 6.07. The predicted molar refractivity (Wildman–Crippen MR) is 100 cm³/mol. The summed E-state index contributed by atoms with van der Waals surface area (Å²) in [6.07, 6.45) is 3.40. The number of nitrogens with one attached hydrogen (secondary N) is 2. The Bertz CT molecular complexity index is 783. The molecule has 2 fully saturated rings. The number of aryl methyl sites for hydroxylation is 1. The van der Waals surface area contributed by atoms with Gasteiger partial charge in [-0.25, -0.2) is 4.79 Å². The molecule has 2 N–H and O–H groups in total.